The molecule has 1 saturated heterocycles. The van der Waals surface area contributed by atoms with Gasteiger partial charge in [0.05, 0.1) is 5.56 Å². The van der Waals surface area contributed by atoms with Crippen molar-refractivity contribution in [3.63, 3.8) is 0 Å². The number of rotatable bonds is 7. The summed E-state index contributed by atoms with van der Waals surface area (Å²) in [6.07, 6.45) is 5.66. The van der Waals surface area contributed by atoms with Crippen molar-refractivity contribution in [3.8, 4) is 0 Å². The van der Waals surface area contributed by atoms with Gasteiger partial charge in [0.1, 0.15) is 18.1 Å². The van der Waals surface area contributed by atoms with Crippen molar-refractivity contribution < 1.29 is 14.3 Å². The number of carbonyl (C=O) groups excluding carboxylic acids is 1. The topological polar surface area (TPSA) is 66.0 Å². The number of aliphatic hydroxyl groups excluding tert-OH is 1. The molecule has 1 N–H and O–H groups in total. The Kier molecular flexibility index (Phi) is 6.19. The van der Waals surface area contributed by atoms with Gasteiger partial charge in [-0.2, -0.15) is 0 Å². The molecule has 0 unspecified atom stereocenters. The summed E-state index contributed by atoms with van der Waals surface area (Å²) in [4.78, 5) is 18.3. The fourth-order valence-corrected chi connectivity index (χ4v) is 3.09. The molecule has 1 aliphatic rings. The molecule has 2 rings (SSSR count). The standard InChI is InChI=1S/C17H26N2O3/c1-13-16(11-15(12-20)22-13)17(21)19-9-6-14(7-10-19)5-3-4-8-18-2/h11,14,20H,2-10,12H2,1H3. The van der Waals surface area contributed by atoms with E-state index in [9.17, 15) is 4.79 Å². The minimum absolute atomic E-state index is 0.0234. The van der Waals surface area contributed by atoms with Gasteiger partial charge in [0.25, 0.3) is 5.91 Å². The molecular formula is C17H26N2O3. The molecule has 5 nitrogen and oxygen atoms in total. The lowest BCUT2D eigenvalue weighted by Crippen LogP contribution is -2.38. The van der Waals surface area contributed by atoms with Crippen LogP contribution in [0.15, 0.2) is 15.5 Å². The number of nitrogens with zero attached hydrogens (tertiary/aromatic N) is 2. The van der Waals surface area contributed by atoms with E-state index in [0.29, 0.717) is 23.0 Å². The van der Waals surface area contributed by atoms with Crippen LogP contribution in [0.2, 0.25) is 0 Å². The second kappa shape index (κ2) is 8.13. The van der Waals surface area contributed by atoms with E-state index in [-0.39, 0.29) is 12.5 Å². The van der Waals surface area contributed by atoms with E-state index >= 15 is 0 Å². The fraction of sp³-hybridized carbons (Fsp3) is 0.647. The molecular weight excluding hydrogens is 280 g/mol. The highest BCUT2D eigenvalue weighted by molar-refractivity contribution is 5.95. The van der Waals surface area contributed by atoms with Crippen LogP contribution < -0.4 is 0 Å². The Morgan fingerprint density at radius 2 is 2.18 bits per heavy atom. The van der Waals surface area contributed by atoms with E-state index in [1.165, 1.54) is 12.8 Å². The number of aliphatic imine (C=N–C) groups is 1. The van der Waals surface area contributed by atoms with Gasteiger partial charge in [-0.05, 0) is 44.9 Å². The van der Waals surface area contributed by atoms with Crippen LogP contribution in [0.4, 0.5) is 0 Å². The molecule has 0 bridgehead atoms. The van der Waals surface area contributed by atoms with Crippen LogP contribution in [0.5, 0.6) is 0 Å². The zero-order valence-electron chi connectivity index (χ0n) is 13.4. The van der Waals surface area contributed by atoms with Crippen molar-refractivity contribution >= 4 is 12.6 Å². The van der Waals surface area contributed by atoms with Crippen molar-refractivity contribution in [3.05, 3.63) is 23.2 Å². The summed E-state index contributed by atoms with van der Waals surface area (Å²) in [6, 6.07) is 1.66. The van der Waals surface area contributed by atoms with Crippen molar-refractivity contribution in [1.82, 2.24) is 4.90 Å². The van der Waals surface area contributed by atoms with Crippen molar-refractivity contribution in [1.29, 1.82) is 0 Å². The molecule has 0 atom stereocenters. The van der Waals surface area contributed by atoms with Gasteiger partial charge in [-0.15, -0.1) is 0 Å². The lowest BCUT2D eigenvalue weighted by Gasteiger charge is -2.32. The van der Waals surface area contributed by atoms with Crippen LogP contribution in [0, 0.1) is 12.8 Å². The largest absolute Gasteiger partial charge is 0.463 e. The molecule has 0 spiro atoms. The molecule has 2 heterocycles. The van der Waals surface area contributed by atoms with E-state index < -0.39 is 0 Å². The highest BCUT2D eigenvalue weighted by Crippen LogP contribution is 2.25. The van der Waals surface area contributed by atoms with Gasteiger partial charge in [0.2, 0.25) is 0 Å². The lowest BCUT2D eigenvalue weighted by atomic mass is 9.91. The van der Waals surface area contributed by atoms with E-state index in [1.54, 1.807) is 13.0 Å². The summed E-state index contributed by atoms with van der Waals surface area (Å²) in [6.45, 7) is 7.57. The van der Waals surface area contributed by atoms with Crippen LogP contribution in [-0.4, -0.2) is 42.3 Å². The molecule has 0 aliphatic carbocycles. The van der Waals surface area contributed by atoms with Gasteiger partial charge in [-0.3, -0.25) is 4.79 Å². The van der Waals surface area contributed by atoms with Crippen LogP contribution in [-0.2, 0) is 6.61 Å². The number of likely N-dealkylation sites (tertiary alicyclic amines) is 1. The molecule has 1 fully saturated rings. The van der Waals surface area contributed by atoms with Gasteiger partial charge >= 0.3 is 0 Å². The van der Waals surface area contributed by atoms with Gasteiger partial charge in [-0.25, -0.2) is 0 Å². The summed E-state index contributed by atoms with van der Waals surface area (Å²) in [5.74, 6) is 1.78. The molecule has 0 aromatic carbocycles. The maximum atomic E-state index is 12.5. The third-order valence-corrected chi connectivity index (χ3v) is 4.44. The van der Waals surface area contributed by atoms with Crippen molar-refractivity contribution in [2.75, 3.05) is 19.6 Å². The molecule has 22 heavy (non-hydrogen) atoms. The minimum Gasteiger partial charge on any atom is -0.463 e. The zero-order chi connectivity index (χ0) is 15.9. The van der Waals surface area contributed by atoms with E-state index in [2.05, 4.69) is 11.7 Å². The third-order valence-electron chi connectivity index (χ3n) is 4.44. The summed E-state index contributed by atoms with van der Waals surface area (Å²) < 4.78 is 5.36. The Hall–Kier alpha value is -1.62. The Bertz CT molecular complexity index is 502. The number of furan rings is 1. The number of aryl methyl sites for hydroxylation is 1. The van der Waals surface area contributed by atoms with Crippen LogP contribution in [0.1, 0.15) is 54.0 Å². The molecule has 1 aromatic rings. The Morgan fingerprint density at radius 3 is 2.77 bits per heavy atom. The second-order valence-corrected chi connectivity index (χ2v) is 6.02. The second-order valence-electron chi connectivity index (χ2n) is 6.02. The molecule has 0 radical (unpaired) electrons. The number of aliphatic hydroxyl groups is 1. The van der Waals surface area contributed by atoms with Crippen molar-refractivity contribution in [2.45, 2.75) is 45.6 Å². The zero-order valence-corrected chi connectivity index (χ0v) is 13.4. The number of hydrogen-bond acceptors (Lipinski definition) is 4. The first-order valence-electron chi connectivity index (χ1n) is 8.07. The van der Waals surface area contributed by atoms with E-state index in [1.807, 2.05) is 4.90 Å². The van der Waals surface area contributed by atoms with Crippen LogP contribution >= 0.6 is 0 Å². The summed E-state index contributed by atoms with van der Waals surface area (Å²) >= 11 is 0. The quantitative estimate of drug-likeness (QED) is 0.622. The van der Waals surface area contributed by atoms with Gasteiger partial charge in [-0.1, -0.05) is 12.8 Å². The first-order valence-corrected chi connectivity index (χ1v) is 8.07. The summed E-state index contributed by atoms with van der Waals surface area (Å²) in [5.41, 5.74) is 0.583. The third kappa shape index (κ3) is 4.19. The first kappa shape index (κ1) is 16.7. The normalized spacial score (nSPS) is 16.0. The predicted molar refractivity (Wildman–Crippen MR) is 86.3 cm³/mol. The highest BCUT2D eigenvalue weighted by atomic mass is 16.4. The fourth-order valence-electron chi connectivity index (χ4n) is 3.09. The van der Waals surface area contributed by atoms with Crippen molar-refractivity contribution in [2.24, 2.45) is 10.9 Å². The smallest absolute Gasteiger partial charge is 0.257 e. The molecule has 122 valence electrons. The Morgan fingerprint density at radius 1 is 1.45 bits per heavy atom. The number of carbonyl (C=O) groups is 1. The average molecular weight is 306 g/mol. The van der Waals surface area contributed by atoms with E-state index in [0.717, 1.165) is 38.9 Å². The molecule has 5 heteroatoms. The Balaban J connectivity index is 1.81. The predicted octanol–water partition coefficient (Wildman–Crippen LogP) is 2.80. The number of hydrogen-bond donors (Lipinski definition) is 1. The molecule has 0 saturated carbocycles. The Labute approximate surface area is 132 Å². The van der Waals surface area contributed by atoms with E-state index in [4.69, 9.17) is 9.52 Å². The number of unbranched alkanes of at least 4 members (excludes halogenated alkanes) is 1. The monoisotopic (exact) mass is 306 g/mol. The maximum absolute atomic E-state index is 12.5. The lowest BCUT2D eigenvalue weighted by molar-refractivity contribution is 0.0684. The van der Waals surface area contributed by atoms with Gasteiger partial charge in [0.15, 0.2) is 0 Å². The first-order chi connectivity index (χ1) is 10.7. The van der Waals surface area contributed by atoms with Crippen LogP contribution in [0.25, 0.3) is 0 Å². The number of amides is 1. The maximum Gasteiger partial charge on any atom is 0.257 e. The van der Waals surface area contributed by atoms with Crippen LogP contribution in [0.3, 0.4) is 0 Å². The van der Waals surface area contributed by atoms with Gasteiger partial charge < -0.3 is 19.4 Å². The molecule has 1 amide bonds. The summed E-state index contributed by atoms with van der Waals surface area (Å²) in [5, 5.41) is 9.09. The molecule has 1 aromatic heterocycles. The van der Waals surface area contributed by atoms with Gasteiger partial charge in [0, 0.05) is 19.6 Å². The number of piperidine rings is 1. The minimum atomic E-state index is -0.171. The summed E-state index contributed by atoms with van der Waals surface area (Å²) in [7, 11) is 0. The average Bonchev–Trinajstić information content (AvgIpc) is 2.92. The molecule has 1 aliphatic heterocycles. The SMILES string of the molecule is C=NCCCCC1CCN(C(=O)c2cc(CO)oc2C)CC1. The highest BCUT2D eigenvalue weighted by Gasteiger charge is 2.25.